The SMILES string of the molecule is O=C(NCc1ccccc1C(F)(F)F)c1ccn(COc2c(Cl)cccc2Cl)n1. The highest BCUT2D eigenvalue weighted by atomic mass is 35.5. The minimum atomic E-state index is -4.50. The molecule has 0 unspecified atom stereocenters. The molecular formula is C19H14Cl2F3N3O2. The Kier molecular flexibility index (Phi) is 6.34. The number of benzene rings is 2. The van der Waals surface area contributed by atoms with Gasteiger partial charge in [0.1, 0.15) is 5.69 Å². The summed E-state index contributed by atoms with van der Waals surface area (Å²) in [6.45, 7) is -0.346. The van der Waals surface area contributed by atoms with Crippen molar-refractivity contribution in [1.29, 1.82) is 0 Å². The van der Waals surface area contributed by atoms with E-state index in [0.717, 1.165) is 6.07 Å². The molecule has 0 bridgehead atoms. The Morgan fingerprint density at radius 3 is 2.45 bits per heavy atom. The van der Waals surface area contributed by atoms with E-state index in [1.54, 1.807) is 18.2 Å². The molecule has 10 heteroatoms. The first-order valence-corrected chi connectivity index (χ1v) is 9.05. The van der Waals surface area contributed by atoms with Gasteiger partial charge in [0, 0.05) is 12.7 Å². The number of amides is 1. The predicted octanol–water partition coefficient (Wildman–Crippen LogP) is 5.18. The second-order valence-corrected chi connectivity index (χ2v) is 6.72. The van der Waals surface area contributed by atoms with E-state index in [1.807, 2.05) is 0 Å². The van der Waals surface area contributed by atoms with Gasteiger partial charge >= 0.3 is 6.18 Å². The molecule has 0 aliphatic rings. The molecule has 2 aromatic carbocycles. The summed E-state index contributed by atoms with van der Waals surface area (Å²) in [6, 6.07) is 11.4. The molecule has 0 fully saturated rings. The monoisotopic (exact) mass is 443 g/mol. The lowest BCUT2D eigenvalue weighted by Gasteiger charge is -2.12. The first kappa shape index (κ1) is 21.0. The van der Waals surface area contributed by atoms with Crippen LogP contribution >= 0.6 is 23.2 Å². The van der Waals surface area contributed by atoms with Crippen LogP contribution in [0.1, 0.15) is 21.6 Å². The number of nitrogens with zero attached hydrogens (tertiary/aromatic N) is 2. The Hall–Kier alpha value is -2.71. The summed E-state index contributed by atoms with van der Waals surface area (Å²) in [5, 5.41) is 7.12. The second kappa shape index (κ2) is 8.75. The summed E-state index contributed by atoms with van der Waals surface area (Å²) >= 11 is 12.0. The van der Waals surface area contributed by atoms with Gasteiger partial charge in [-0.05, 0) is 29.8 Å². The van der Waals surface area contributed by atoms with E-state index in [4.69, 9.17) is 27.9 Å². The zero-order valence-electron chi connectivity index (χ0n) is 14.7. The number of halogens is 5. The van der Waals surface area contributed by atoms with Gasteiger partial charge in [-0.3, -0.25) is 4.79 Å². The number of nitrogens with one attached hydrogen (secondary N) is 1. The van der Waals surface area contributed by atoms with Gasteiger partial charge in [0.15, 0.2) is 12.5 Å². The molecule has 3 rings (SSSR count). The molecule has 0 saturated heterocycles. The van der Waals surface area contributed by atoms with Gasteiger partial charge in [0.25, 0.3) is 5.91 Å². The van der Waals surface area contributed by atoms with Crippen molar-refractivity contribution in [1.82, 2.24) is 15.1 Å². The maximum Gasteiger partial charge on any atom is 0.416 e. The first-order chi connectivity index (χ1) is 13.8. The third kappa shape index (κ3) is 5.21. The average Bonchev–Trinajstić information content (AvgIpc) is 3.14. The van der Waals surface area contributed by atoms with Gasteiger partial charge in [0.2, 0.25) is 0 Å². The highest BCUT2D eigenvalue weighted by Gasteiger charge is 2.32. The van der Waals surface area contributed by atoms with Crippen LogP contribution in [0.2, 0.25) is 10.0 Å². The number of hydrogen-bond donors (Lipinski definition) is 1. The highest BCUT2D eigenvalue weighted by Crippen LogP contribution is 2.33. The molecule has 0 aliphatic carbocycles. The van der Waals surface area contributed by atoms with Crippen LogP contribution in [0.5, 0.6) is 5.75 Å². The zero-order valence-corrected chi connectivity index (χ0v) is 16.2. The van der Waals surface area contributed by atoms with Crippen LogP contribution < -0.4 is 10.1 Å². The van der Waals surface area contributed by atoms with Gasteiger partial charge in [-0.15, -0.1) is 0 Å². The van der Waals surface area contributed by atoms with Crippen LogP contribution in [0.25, 0.3) is 0 Å². The smallest absolute Gasteiger partial charge is 0.416 e. The van der Waals surface area contributed by atoms with Crippen molar-refractivity contribution >= 4 is 29.1 Å². The second-order valence-electron chi connectivity index (χ2n) is 5.90. The van der Waals surface area contributed by atoms with Crippen molar-refractivity contribution < 1.29 is 22.7 Å². The van der Waals surface area contributed by atoms with Crippen LogP contribution in [0.15, 0.2) is 54.7 Å². The maximum atomic E-state index is 13.0. The third-order valence-electron chi connectivity index (χ3n) is 3.90. The molecule has 0 saturated carbocycles. The molecule has 1 amide bonds. The number of alkyl halides is 3. The van der Waals surface area contributed by atoms with Crippen LogP contribution in [0.3, 0.4) is 0 Å². The standard InChI is InChI=1S/C19H14Cl2F3N3O2/c20-14-6-3-7-15(21)17(14)29-11-27-9-8-16(26-27)18(28)25-10-12-4-1-2-5-13(12)19(22,23)24/h1-9H,10-11H2,(H,25,28). The normalized spacial score (nSPS) is 11.3. The molecule has 29 heavy (non-hydrogen) atoms. The molecule has 0 atom stereocenters. The van der Waals surface area contributed by atoms with Crippen LogP contribution in [-0.2, 0) is 19.5 Å². The molecule has 152 valence electrons. The Bertz CT molecular complexity index is 1000. The summed E-state index contributed by atoms with van der Waals surface area (Å²) < 4.78 is 45.9. The molecule has 1 N–H and O–H groups in total. The average molecular weight is 444 g/mol. The summed E-state index contributed by atoms with van der Waals surface area (Å²) in [4.78, 5) is 12.2. The van der Waals surface area contributed by atoms with Crippen molar-refractivity contribution in [3.63, 3.8) is 0 Å². The van der Waals surface area contributed by atoms with Gasteiger partial charge in [0.05, 0.1) is 15.6 Å². The minimum Gasteiger partial charge on any atom is -0.468 e. The maximum absolute atomic E-state index is 13.0. The summed E-state index contributed by atoms with van der Waals surface area (Å²) in [7, 11) is 0. The van der Waals surface area contributed by atoms with Crippen molar-refractivity contribution in [3.05, 3.63) is 81.6 Å². The third-order valence-corrected chi connectivity index (χ3v) is 4.49. The van der Waals surface area contributed by atoms with E-state index in [0.29, 0.717) is 10.0 Å². The van der Waals surface area contributed by atoms with Crippen LogP contribution in [0.4, 0.5) is 13.2 Å². The molecular weight excluding hydrogens is 430 g/mol. The highest BCUT2D eigenvalue weighted by molar-refractivity contribution is 6.37. The minimum absolute atomic E-state index is 0.0309. The van der Waals surface area contributed by atoms with E-state index in [1.165, 1.54) is 35.1 Å². The Morgan fingerprint density at radius 2 is 1.76 bits per heavy atom. The van der Waals surface area contributed by atoms with E-state index in [9.17, 15) is 18.0 Å². The lowest BCUT2D eigenvalue weighted by molar-refractivity contribution is -0.138. The lowest BCUT2D eigenvalue weighted by atomic mass is 10.1. The fourth-order valence-corrected chi connectivity index (χ4v) is 3.03. The Balaban J connectivity index is 1.62. The first-order valence-electron chi connectivity index (χ1n) is 8.29. The molecule has 0 radical (unpaired) electrons. The van der Waals surface area contributed by atoms with Gasteiger partial charge in [-0.2, -0.15) is 18.3 Å². The number of rotatable bonds is 6. The summed E-state index contributed by atoms with van der Waals surface area (Å²) in [6.07, 6.45) is -3.01. The van der Waals surface area contributed by atoms with Crippen LogP contribution in [-0.4, -0.2) is 15.7 Å². The number of aromatic nitrogens is 2. The van der Waals surface area contributed by atoms with E-state index in [-0.39, 0.29) is 30.3 Å². The molecule has 3 aromatic rings. The fourth-order valence-electron chi connectivity index (χ4n) is 2.52. The van der Waals surface area contributed by atoms with Crippen LogP contribution in [0, 0.1) is 0 Å². The van der Waals surface area contributed by atoms with Crippen molar-refractivity contribution in [3.8, 4) is 5.75 Å². The molecule has 0 spiro atoms. The number of carbonyl (C=O) groups excluding carboxylic acids is 1. The van der Waals surface area contributed by atoms with Gasteiger partial charge in [-0.25, -0.2) is 4.68 Å². The van der Waals surface area contributed by atoms with E-state index >= 15 is 0 Å². The molecule has 1 aromatic heterocycles. The van der Waals surface area contributed by atoms with Gasteiger partial charge < -0.3 is 10.1 Å². The van der Waals surface area contributed by atoms with E-state index in [2.05, 4.69) is 10.4 Å². The number of para-hydroxylation sites is 1. The Morgan fingerprint density at radius 1 is 1.07 bits per heavy atom. The fraction of sp³-hybridized carbons (Fsp3) is 0.158. The molecule has 0 aliphatic heterocycles. The number of hydrogen-bond acceptors (Lipinski definition) is 3. The Labute approximate surface area is 174 Å². The van der Waals surface area contributed by atoms with Crippen molar-refractivity contribution in [2.45, 2.75) is 19.5 Å². The van der Waals surface area contributed by atoms with Crippen molar-refractivity contribution in [2.24, 2.45) is 0 Å². The summed E-state index contributed by atoms with van der Waals surface area (Å²) in [5.74, 6) is -0.336. The lowest BCUT2D eigenvalue weighted by Crippen LogP contribution is -2.25. The van der Waals surface area contributed by atoms with Gasteiger partial charge in [-0.1, -0.05) is 47.5 Å². The van der Waals surface area contributed by atoms with Crippen molar-refractivity contribution in [2.75, 3.05) is 0 Å². The quantitative estimate of drug-likeness (QED) is 0.571. The predicted molar refractivity (Wildman–Crippen MR) is 102 cm³/mol. The summed E-state index contributed by atoms with van der Waals surface area (Å²) in [5.41, 5.74) is -0.802. The topological polar surface area (TPSA) is 56.2 Å². The number of ether oxygens (including phenoxy) is 1. The molecule has 1 heterocycles. The van der Waals surface area contributed by atoms with E-state index < -0.39 is 17.6 Å². The largest absolute Gasteiger partial charge is 0.468 e. The molecule has 5 nitrogen and oxygen atoms in total. The number of carbonyl (C=O) groups is 1. The zero-order chi connectivity index (χ0) is 21.0.